The Labute approximate surface area is 188 Å². The summed E-state index contributed by atoms with van der Waals surface area (Å²) in [5, 5.41) is 4.83. The van der Waals surface area contributed by atoms with E-state index in [4.69, 9.17) is 0 Å². The molecule has 0 atom stereocenters. The lowest BCUT2D eigenvalue weighted by Crippen LogP contribution is -2.30. The van der Waals surface area contributed by atoms with E-state index >= 15 is 0 Å². The summed E-state index contributed by atoms with van der Waals surface area (Å²) in [6.45, 7) is 5.55. The number of amides is 1. The van der Waals surface area contributed by atoms with Crippen molar-refractivity contribution in [1.29, 1.82) is 0 Å². The number of benzene rings is 2. The third-order valence-corrected chi connectivity index (χ3v) is 7.19. The molecule has 2 aromatic carbocycles. The molecule has 0 spiro atoms. The van der Waals surface area contributed by atoms with Gasteiger partial charge in [0.2, 0.25) is 10.0 Å². The van der Waals surface area contributed by atoms with Crippen molar-refractivity contribution in [3.8, 4) is 0 Å². The maximum Gasteiger partial charge on any atom is 0.255 e. The molecule has 3 aromatic rings. The van der Waals surface area contributed by atoms with Gasteiger partial charge in [0.15, 0.2) is 0 Å². The number of aromatic nitrogens is 1. The first-order chi connectivity index (χ1) is 15.3. The van der Waals surface area contributed by atoms with E-state index in [1.165, 1.54) is 31.4 Å². The highest BCUT2D eigenvalue weighted by Crippen LogP contribution is 2.33. The highest BCUT2D eigenvalue weighted by molar-refractivity contribution is 7.89. The quantitative estimate of drug-likeness (QED) is 0.586. The molecule has 1 saturated heterocycles. The second kappa shape index (κ2) is 9.26. The van der Waals surface area contributed by atoms with Gasteiger partial charge in [-0.15, -0.1) is 0 Å². The van der Waals surface area contributed by atoms with E-state index in [0.29, 0.717) is 5.69 Å². The monoisotopic (exact) mass is 452 g/mol. The summed E-state index contributed by atoms with van der Waals surface area (Å²) in [6.07, 6.45) is 7.13. The number of sulfonamides is 1. The zero-order valence-corrected chi connectivity index (χ0v) is 19.2. The fourth-order valence-electron chi connectivity index (χ4n) is 4.07. The Bertz CT molecular complexity index is 1230. The Morgan fingerprint density at radius 3 is 2.56 bits per heavy atom. The van der Waals surface area contributed by atoms with Gasteiger partial charge in [0.25, 0.3) is 5.91 Å². The van der Waals surface area contributed by atoms with Crippen LogP contribution in [0.15, 0.2) is 59.8 Å². The van der Waals surface area contributed by atoms with Crippen molar-refractivity contribution in [3.63, 3.8) is 0 Å². The largest absolute Gasteiger partial charge is 0.371 e. The first-order valence-corrected chi connectivity index (χ1v) is 12.4. The minimum Gasteiger partial charge on any atom is -0.371 e. The third kappa shape index (κ3) is 4.76. The Morgan fingerprint density at radius 2 is 1.81 bits per heavy atom. The molecule has 0 radical (unpaired) electrons. The Kier molecular flexibility index (Phi) is 6.43. The summed E-state index contributed by atoms with van der Waals surface area (Å²) in [5.41, 5.74) is 2.06. The van der Waals surface area contributed by atoms with E-state index in [1.54, 1.807) is 38.4 Å². The molecule has 1 amide bonds. The molecular formula is C24H28N4O3S. The lowest BCUT2D eigenvalue weighted by atomic mass is 10.0. The van der Waals surface area contributed by atoms with Crippen molar-refractivity contribution < 1.29 is 13.2 Å². The summed E-state index contributed by atoms with van der Waals surface area (Å²) in [4.78, 5) is 19.7. The molecule has 0 unspecified atom stereocenters. The molecule has 4 rings (SSSR count). The minimum atomic E-state index is -3.69. The maximum atomic E-state index is 13.0. The lowest BCUT2D eigenvalue weighted by Gasteiger charge is -2.30. The van der Waals surface area contributed by atoms with Crippen LogP contribution in [0.1, 0.15) is 43.5 Å². The average Bonchev–Trinajstić information content (AvgIpc) is 2.79. The number of fused-ring (bicyclic) bond motifs is 1. The van der Waals surface area contributed by atoms with Crippen LogP contribution in [-0.4, -0.2) is 38.4 Å². The molecule has 8 heteroatoms. The number of hydrogen-bond donors (Lipinski definition) is 2. The van der Waals surface area contributed by atoms with Crippen LogP contribution in [0.4, 0.5) is 11.4 Å². The van der Waals surface area contributed by atoms with Gasteiger partial charge in [0.1, 0.15) is 0 Å². The molecule has 1 aromatic heterocycles. The smallest absolute Gasteiger partial charge is 0.255 e. The lowest BCUT2D eigenvalue weighted by molar-refractivity contribution is 0.102. The van der Waals surface area contributed by atoms with Crippen molar-refractivity contribution in [2.45, 2.75) is 44.0 Å². The predicted molar refractivity (Wildman–Crippen MR) is 128 cm³/mol. The molecule has 32 heavy (non-hydrogen) atoms. The van der Waals surface area contributed by atoms with E-state index in [9.17, 15) is 13.2 Å². The second-order valence-corrected chi connectivity index (χ2v) is 10.1. The van der Waals surface area contributed by atoms with Crippen LogP contribution in [0.5, 0.6) is 0 Å². The zero-order chi connectivity index (χ0) is 22.7. The van der Waals surface area contributed by atoms with Gasteiger partial charge in [-0.3, -0.25) is 9.78 Å². The number of piperidine rings is 1. The van der Waals surface area contributed by atoms with Gasteiger partial charge in [0.05, 0.1) is 10.6 Å². The van der Waals surface area contributed by atoms with Crippen molar-refractivity contribution >= 4 is 38.1 Å². The second-order valence-electron chi connectivity index (χ2n) is 8.36. The Hall–Kier alpha value is -2.97. The van der Waals surface area contributed by atoms with Gasteiger partial charge in [-0.05, 0) is 69.5 Å². The van der Waals surface area contributed by atoms with Gasteiger partial charge in [-0.2, -0.15) is 0 Å². The molecule has 1 aliphatic rings. The van der Waals surface area contributed by atoms with Crippen LogP contribution in [0.3, 0.4) is 0 Å². The van der Waals surface area contributed by atoms with Gasteiger partial charge < -0.3 is 10.2 Å². The van der Waals surface area contributed by atoms with E-state index in [2.05, 4.69) is 19.9 Å². The van der Waals surface area contributed by atoms with Crippen molar-refractivity contribution in [2.24, 2.45) is 0 Å². The van der Waals surface area contributed by atoms with E-state index in [1.807, 2.05) is 18.2 Å². The standard InChI is InChI=1S/C24H28N4O3S/c1-17(2)27-32(30,31)19-8-6-7-18(15-19)24(29)26-22-9-10-23(28-13-4-3-5-14-28)20-11-12-25-16-21(20)22/h6-12,15-17,27H,3-5,13-14H2,1-2H3,(H,26,29). The summed E-state index contributed by atoms with van der Waals surface area (Å²) >= 11 is 0. The Balaban J connectivity index is 1.63. The number of anilines is 2. The predicted octanol–water partition coefficient (Wildman–Crippen LogP) is 4.16. The zero-order valence-electron chi connectivity index (χ0n) is 18.3. The van der Waals surface area contributed by atoms with Crippen LogP contribution < -0.4 is 14.9 Å². The molecule has 168 valence electrons. The van der Waals surface area contributed by atoms with E-state index < -0.39 is 10.0 Å². The van der Waals surface area contributed by atoms with Crippen LogP contribution in [0, 0.1) is 0 Å². The number of pyridine rings is 1. The molecule has 0 bridgehead atoms. The maximum absolute atomic E-state index is 13.0. The number of nitrogens with zero attached hydrogens (tertiary/aromatic N) is 2. The number of nitrogens with one attached hydrogen (secondary N) is 2. The number of rotatable bonds is 6. The molecule has 2 N–H and O–H groups in total. The third-order valence-electron chi connectivity index (χ3n) is 5.54. The van der Waals surface area contributed by atoms with Gasteiger partial charge >= 0.3 is 0 Å². The van der Waals surface area contributed by atoms with Crippen molar-refractivity contribution in [3.05, 3.63) is 60.4 Å². The fourth-order valence-corrected chi connectivity index (χ4v) is 5.37. The minimum absolute atomic E-state index is 0.0609. The molecule has 7 nitrogen and oxygen atoms in total. The van der Waals surface area contributed by atoms with Gasteiger partial charge in [0, 0.05) is 53.5 Å². The molecule has 2 heterocycles. The summed E-state index contributed by atoms with van der Waals surface area (Å²) in [6, 6.07) is 11.7. The molecule has 0 aliphatic carbocycles. The highest BCUT2D eigenvalue weighted by atomic mass is 32.2. The van der Waals surface area contributed by atoms with Crippen LogP contribution >= 0.6 is 0 Å². The van der Waals surface area contributed by atoms with Crippen LogP contribution in [0.25, 0.3) is 10.8 Å². The summed E-state index contributed by atoms with van der Waals surface area (Å²) in [7, 11) is -3.69. The summed E-state index contributed by atoms with van der Waals surface area (Å²) < 4.78 is 27.5. The highest BCUT2D eigenvalue weighted by Gasteiger charge is 2.19. The van der Waals surface area contributed by atoms with Crippen molar-refractivity contribution in [1.82, 2.24) is 9.71 Å². The SMILES string of the molecule is CC(C)NS(=O)(=O)c1cccc(C(=O)Nc2ccc(N3CCCCC3)c3ccncc23)c1. The van der Waals surface area contributed by atoms with Crippen LogP contribution in [0.2, 0.25) is 0 Å². The number of carbonyl (C=O) groups excluding carboxylic acids is 1. The number of carbonyl (C=O) groups is 1. The van der Waals surface area contributed by atoms with E-state index in [0.717, 1.165) is 29.5 Å². The van der Waals surface area contributed by atoms with Gasteiger partial charge in [-0.25, -0.2) is 13.1 Å². The van der Waals surface area contributed by atoms with E-state index in [-0.39, 0.29) is 22.4 Å². The molecule has 1 fully saturated rings. The Morgan fingerprint density at radius 1 is 1.03 bits per heavy atom. The molecule has 1 aliphatic heterocycles. The normalized spacial score (nSPS) is 14.7. The molecular weight excluding hydrogens is 424 g/mol. The summed E-state index contributed by atoms with van der Waals surface area (Å²) in [5.74, 6) is -0.373. The average molecular weight is 453 g/mol. The van der Waals surface area contributed by atoms with Crippen LogP contribution in [-0.2, 0) is 10.0 Å². The first-order valence-electron chi connectivity index (χ1n) is 10.9. The topological polar surface area (TPSA) is 91.4 Å². The van der Waals surface area contributed by atoms with Gasteiger partial charge in [-0.1, -0.05) is 6.07 Å². The number of hydrogen-bond acceptors (Lipinski definition) is 5. The van der Waals surface area contributed by atoms with Crippen molar-refractivity contribution in [2.75, 3.05) is 23.3 Å². The molecule has 0 saturated carbocycles. The fraction of sp³-hybridized carbons (Fsp3) is 0.333. The first kappa shape index (κ1) is 22.2.